The van der Waals surface area contributed by atoms with Gasteiger partial charge in [-0.1, -0.05) is 18.2 Å². The molecule has 0 spiro atoms. The van der Waals surface area contributed by atoms with Crippen LogP contribution in [0.25, 0.3) is 6.08 Å². The minimum absolute atomic E-state index is 0.0516. The van der Waals surface area contributed by atoms with Crippen LogP contribution < -0.4 is 10.2 Å². The standard InChI is InChI=1S/C16H11N3O6/c1-9-4-2-3-5-12(9)18-15(21)11(14(20)17-16(18)22)8-10-6-7-13(25-10)19(23)24/h2-8H,1H3,(H,17,20,22)/b11-8-. The van der Waals surface area contributed by atoms with Gasteiger partial charge in [-0.2, -0.15) is 0 Å². The maximum absolute atomic E-state index is 12.6. The molecule has 25 heavy (non-hydrogen) atoms. The molecule has 3 rings (SSSR count). The molecule has 2 aromatic rings. The fourth-order valence-electron chi connectivity index (χ4n) is 2.35. The topological polar surface area (TPSA) is 123 Å². The third kappa shape index (κ3) is 2.90. The molecule has 1 saturated heterocycles. The monoisotopic (exact) mass is 341 g/mol. The van der Waals surface area contributed by atoms with Gasteiger partial charge in [0.05, 0.1) is 11.8 Å². The summed E-state index contributed by atoms with van der Waals surface area (Å²) in [6.45, 7) is 1.71. The number of furan rings is 1. The molecule has 0 radical (unpaired) electrons. The van der Waals surface area contributed by atoms with E-state index in [1.807, 2.05) is 0 Å². The van der Waals surface area contributed by atoms with Gasteiger partial charge < -0.3 is 4.42 Å². The highest BCUT2D eigenvalue weighted by atomic mass is 16.6. The Morgan fingerprint density at radius 3 is 2.52 bits per heavy atom. The van der Waals surface area contributed by atoms with Crippen LogP contribution in [0.5, 0.6) is 0 Å². The molecule has 1 aromatic carbocycles. The van der Waals surface area contributed by atoms with Gasteiger partial charge in [-0.25, -0.2) is 9.69 Å². The van der Waals surface area contributed by atoms with Crippen LogP contribution in [-0.4, -0.2) is 22.8 Å². The number of para-hydroxylation sites is 1. The van der Waals surface area contributed by atoms with Crippen LogP contribution in [0.4, 0.5) is 16.4 Å². The predicted octanol–water partition coefficient (Wildman–Crippen LogP) is 2.16. The number of nitro groups is 1. The quantitative estimate of drug-likeness (QED) is 0.395. The maximum Gasteiger partial charge on any atom is 0.433 e. The van der Waals surface area contributed by atoms with Crippen molar-refractivity contribution in [2.45, 2.75) is 6.92 Å². The van der Waals surface area contributed by atoms with Crippen molar-refractivity contribution in [2.24, 2.45) is 0 Å². The molecular formula is C16H11N3O6. The van der Waals surface area contributed by atoms with E-state index < -0.39 is 28.7 Å². The molecule has 1 aliphatic heterocycles. The average Bonchev–Trinajstić information content (AvgIpc) is 3.02. The minimum Gasteiger partial charge on any atom is -0.401 e. The Morgan fingerprint density at radius 2 is 1.88 bits per heavy atom. The number of hydrogen-bond donors (Lipinski definition) is 1. The number of nitrogens with zero attached hydrogens (tertiary/aromatic N) is 2. The highest BCUT2D eigenvalue weighted by Crippen LogP contribution is 2.25. The normalized spacial score (nSPS) is 16.3. The highest BCUT2D eigenvalue weighted by molar-refractivity contribution is 6.39. The van der Waals surface area contributed by atoms with Gasteiger partial charge in [0.25, 0.3) is 11.8 Å². The van der Waals surface area contributed by atoms with E-state index in [4.69, 9.17) is 4.42 Å². The second-order valence-corrected chi connectivity index (χ2v) is 5.18. The first kappa shape index (κ1) is 16.1. The van der Waals surface area contributed by atoms with Gasteiger partial charge in [0.15, 0.2) is 0 Å². The molecule has 9 heteroatoms. The van der Waals surface area contributed by atoms with Gasteiger partial charge >= 0.3 is 11.9 Å². The van der Waals surface area contributed by atoms with Gasteiger partial charge in [-0.15, -0.1) is 0 Å². The summed E-state index contributed by atoms with van der Waals surface area (Å²) < 4.78 is 4.92. The van der Waals surface area contributed by atoms with Crippen molar-refractivity contribution in [2.75, 3.05) is 4.90 Å². The zero-order valence-electron chi connectivity index (χ0n) is 12.9. The number of carbonyl (C=O) groups excluding carboxylic acids is 3. The first-order chi connectivity index (χ1) is 11.9. The van der Waals surface area contributed by atoms with Crippen LogP contribution >= 0.6 is 0 Å². The number of carbonyl (C=O) groups is 3. The molecule has 0 bridgehead atoms. The Morgan fingerprint density at radius 1 is 1.16 bits per heavy atom. The van der Waals surface area contributed by atoms with Crippen molar-refractivity contribution >= 4 is 35.5 Å². The lowest BCUT2D eigenvalue weighted by Crippen LogP contribution is -2.54. The third-order valence-corrected chi connectivity index (χ3v) is 3.54. The zero-order valence-corrected chi connectivity index (χ0v) is 12.9. The maximum atomic E-state index is 12.6. The molecule has 126 valence electrons. The third-order valence-electron chi connectivity index (χ3n) is 3.54. The molecular weight excluding hydrogens is 330 g/mol. The van der Waals surface area contributed by atoms with Crippen LogP contribution in [0.3, 0.4) is 0 Å². The zero-order chi connectivity index (χ0) is 18.1. The SMILES string of the molecule is Cc1ccccc1N1C(=O)NC(=O)/C(=C/c2ccc([N+](=O)[O-])o2)C1=O. The van der Waals surface area contributed by atoms with Gasteiger partial charge in [0, 0.05) is 0 Å². The van der Waals surface area contributed by atoms with Crippen LogP contribution in [0.15, 0.2) is 46.4 Å². The smallest absolute Gasteiger partial charge is 0.401 e. The van der Waals surface area contributed by atoms with Crippen LogP contribution in [0, 0.1) is 17.0 Å². The second-order valence-electron chi connectivity index (χ2n) is 5.18. The lowest BCUT2D eigenvalue weighted by atomic mass is 10.1. The molecule has 0 atom stereocenters. The summed E-state index contributed by atoms with van der Waals surface area (Å²) in [5.41, 5.74) is 0.620. The molecule has 0 unspecified atom stereocenters. The van der Waals surface area contributed by atoms with Gasteiger partial charge in [0.1, 0.15) is 16.3 Å². The summed E-state index contributed by atoms with van der Waals surface area (Å²) in [5, 5.41) is 12.7. The van der Waals surface area contributed by atoms with Gasteiger partial charge in [-0.3, -0.25) is 25.0 Å². The van der Waals surface area contributed by atoms with E-state index in [0.29, 0.717) is 11.3 Å². The van der Waals surface area contributed by atoms with Gasteiger partial charge in [0.2, 0.25) is 0 Å². The molecule has 0 saturated carbocycles. The van der Waals surface area contributed by atoms with Crippen molar-refractivity contribution in [1.82, 2.24) is 5.32 Å². The van der Waals surface area contributed by atoms with Crippen LogP contribution in [0.1, 0.15) is 11.3 Å². The van der Waals surface area contributed by atoms with Crippen LogP contribution in [0.2, 0.25) is 0 Å². The number of aryl methyl sites for hydroxylation is 1. The van der Waals surface area contributed by atoms with E-state index in [0.717, 1.165) is 17.0 Å². The summed E-state index contributed by atoms with van der Waals surface area (Å²) in [6.07, 6.45) is 1.06. The Labute approximate surface area is 140 Å². The van der Waals surface area contributed by atoms with E-state index in [9.17, 15) is 24.5 Å². The van der Waals surface area contributed by atoms with Crippen molar-refractivity contribution in [3.63, 3.8) is 0 Å². The number of benzene rings is 1. The molecule has 2 heterocycles. The van der Waals surface area contributed by atoms with E-state index in [1.54, 1.807) is 31.2 Å². The van der Waals surface area contributed by atoms with E-state index in [-0.39, 0.29) is 11.3 Å². The Balaban J connectivity index is 2.02. The number of barbiturate groups is 1. The van der Waals surface area contributed by atoms with Crippen molar-refractivity contribution < 1.29 is 23.7 Å². The summed E-state index contributed by atoms with van der Waals surface area (Å²) in [5.74, 6) is -2.33. The Bertz CT molecular complexity index is 943. The average molecular weight is 341 g/mol. The number of rotatable bonds is 3. The fourth-order valence-corrected chi connectivity index (χ4v) is 2.35. The van der Waals surface area contributed by atoms with Crippen molar-refractivity contribution in [3.05, 3.63) is 63.4 Å². The highest BCUT2D eigenvalue weighted by Gasteiger charge is 2.37. The summed E-state index contributed by atoms with van der Waals surface area (Å²) in [6, 6.07) is 8.16. The second kappa shape index (κ2) is 6.04. The van der Waals surface area contributed by atoms with Crippen molar-refractivity contribution in [1.29, 1.82) is 0 Å². The van der Waals surface area contributed by atoms with E-state index >= 15 is 0 Å². The Hall–Kier alpha value is -3.75. The molecule has 1 aliphatic rings. The van der Waals surface area contributed by atoms with E-state index in [2.05, 4.69) is 5.32 Å². The van der Waals surface area contributed by atoms with E-state index in [1.165, 1.54) is 6.07 Å². The lowest BCUT2D eigenvalue weighted by Gasteiger charge is -2.27. The van der Waals surface area contributed by atoms with Gasteiger partial charge in [-0.05, 0) is 30.7 Å². The Kier molecular flexibility index (Phi) is 3.89. The molecule has 1 fully saturated rings. The van der Waals surface area contributed by atoms with Crippen molar-refractivity contribution in [3.8, 4) is 0 Å². The first-order valence-corrected chi connectivity index (χ1v) is 7.10. The summed E-state index contributed by atoms with van der Waals surface area (Å²) >= 11 is 0. The summed E-state index contributed by atoms with van der Waals surface area (Å²) in [7, 11) is 0. The predicted molar refractivity (Wildman–Crippen MR) is 85.5 cm³/mol. The molecule has 0 aliphatic carbocycles. The number of imide groups is 2. The minimum atomic E-state index is -0.904. The number of nitrogens with one attached hydrogen (secondary N) is 1. The number of urea groups is 1. The largest absolute Gasteiger partial charge is 0.433 e. The first-order valence-electron chi connectivity index (χ1n) is 7.10. The fraction of sp³-hybridized carbons (Fsp3) is 0.0625. The lowest BCUT2D eigenvalue weighted by molar-refractivity contribution is -0.402. The summed E-state index contributed by atoms with van der Waals surface area (Å²) in [4.78, 5) is 47.5. The molecule has 1 N–H and O–H groups in total. The number of amides is 4. The molecule has 4 amide bonds. The number of hydrogen-bond acceptors (Lipinski definition) is 6. The molecule has 9 nitrogen and oxygen atoms in total. The number of anilines is 1. The van der Waals surface area contributed by atoms with Crippen LogP contribution in [-0.2, 0) is 9.59 Å². The molecule has 1 aromatic heterocycles.